The monoisotopic (exact) mass is 465 g/mol. The van der Waals surface area contributed by atoms with Crippen molar-refractivity contribution in [3.8, 4) is 5.75 Å². The summed E-state index contributed by atoms with van der Waals surface area (Å²) in [5.74, 6) is 0.845. The zero-order valence-electron chi connectivity index (χ0n) is 18.1. The number of sulfonamides is 1. The maximum atomic E-state index is 13.0. The third-order valence-corrected chi connectivity index (χ3v) is 6.27. The van der Waals surface area contributed by atoms with Crippen molar-refractivity contribution < 1.29 is 18.3 Å². The first-order valence-electron chi connectivity index (χ1n) is 10.2. The number of fused-ring (bicyclic) bond motifs is 1. The van der Waals surface area contributed by atoms with E-state index in [1.807, 2.05) is 12.1 Å². The fraction of sp³-hybridized carbons (Fsp3) is 0.174. The Morgan fingerprint density at radius 2 is 1.73 bits per heavy atom. The molecule has 4 rings (SSSR count). The van der Waals surface area contributed by atoms with Crippen LogP contribution >= 0.6 is 0 Å². The van der Waals surface area contributed by atoms with Crippen molar-refractivity contribution >= 4 is 38.4 Å². The summed E-state index contributed by atoms with van der Waals surface area (Å²) >= 11 is 0. The maximum absolute atomic E-state index is 13.0. The zero-order valence-corrected chi connectivity index (χ0v) is 18.9. The normalized spacial score (nSPS) is 11.4. The van der Waals surface area contributed by atoms with Crippen molar-refractivity contribution in [1.82, 2.24) is 15.0 Å². The average molecular weight is 466 g/mol. The Balaban J connectivity index is 1.80. The first kappa shape index (κ1) is 22.4. The van der Waals surface area contributed by atoms with Crippen molar-refractivity contribution in [2.24, 2.45) is 0 Å². The number of nitrogens with zero attached hydrogens (tertiary/aromatic N) is 3. The van der Waals surface area contributed by atoms with Gasteiger partial charge in [-0.2, -0.15) is 0 Å². The van der Waals surface area contributed by atoms with Crippen LogP contribution in [0.1, 0.15) is 11.3 Å². The van der Waals surface area contributed by atoms with Gasteiger partial charge < -0.3 is 15.2 Å². The molecule has 0 aliphatic heterocycles. The number of aliphatic hydroxyl groups is 1. The van der Waals surface area contributed by atoms with Gasteiger partial charge in [-0.05, 0) is 49.2 Å². The van der Waals surface area contributed by atoms with Gasteiger partial charge in [0.25, 0.3) is 10.0 Å². The van der Waals surface area contributed by atoms with Gasteiger partial charge in [-0.25, -0.2) is 18.4 Å². The summed E-state index contributed by atoms with van der Waals surface area (Å²) in [7, 11) is -2.41. The Bertz CT molecular complexity index is 1390. The fourth-order valence-corrected chi connectivity index (χ4v) is 4.18. The Labute approximate surface area is 191 Å². The number of hydrogen-bond acceptors (Lipinski definition) is 8. The summed E-state index contributed by atoms with van der Waals surface area (Å²) in [5.41, 5.74) is 3.25. The summed E-state index contributed by atoms with van der Waals surface area (Å²) in [4.78, 5) is 13.2. The van der Waals surface area contributed by atoms with E-state index in [9.17, 15) is 13.5 Å². The highest BCUT2D eigenvalue weighted by molar-refractivity contribution is 7.92. The molecule has 9 nitrogen and oxygen atoms in total. The summed E-state index contributed by atoms with van der Waals surface area (Å²) in [6.07, 6.45) is 1.68. The lowest BCUT2D eigenvalue weighted by Gasteiger charge is -2.16. The Kier molecular flexibility index (Phi) is 6.38. The molecule has 0 saturated carbocycles. The largest absolute Gasteiger partial charge is 0.497 e. The minimum atomic E-state index is -3.97. The highest BCUT2D eigenvalue weighted by atomic mass is 32.2. The van der Waals surface area contributed by atoms with Crippen LogP contribution < -0.4 is 14.8 Å². The molecule has 10 heteroatoms. The number of aliphatic hydroxyl groups excluding tert-OH is 1. The van der Waals surface area contributed by atoms with Gasteiger partial charge in [0, 0.05) is 30.3 Å². The SMILES string of the molecule is COc1ccc(CCO)c(Nc2nc3ccccc3nc2NS(=O)(=O)c2ccc(C)nc2)c1. The van der Waals surface area contributed by atoms with E-state index in [2.05, 4.69) is 25.0 Å². The summed E-state index contributed by atoms with van der Waals surface area (Å²) < 4.78 is 33.9. The second kappa shape index (κ2) is 9.39. The number of aryl methyl sites for hydroxylation is 1. The van der Waals surface area contributed by atoms with Crippen LogP contribution in [0.4, 0.5) is 17.3 Å². The Hall–Kier alpha value is -3.76. The van der Waals surface area contributed by atoms with Gasteiger partial charge in [0.1, 0.15) is 10.6 Å². The first-order chi connectivity index (χ1) is 15.9. The van der Waals surface area contributed by atoms with Gasteiger partial charge >= 0.3 is 0 Å². The van der Waals surface area contributed by atoms with Crippen molar-refractivity contribution in [3.05, 3.63) is 72.1 Å². The lowest BCUT2D eigenvalue weighted by molar-refractivity contribution is 0.299. The smallest absolute Gasteiger partial charge is 0.264 e. The lowest BCUT2D eigenvalue weighted by Crippen LogP contribution is -2.16. The third-order valence-electron chi connectivity index (χ3n) is 4.95. The van der Waals surface area contributed by atoms with E-state index in [-0.39, 0.29) is 23.1 Å². The molecular formula is C23H23N5O4S. The Morgan fingerprint density at radius 3 is 2.36 bits per heavy atom. The number of anilines is 3. The van der Waals surface area contributed by atoms with Gasteiger partial charge in [0.15, 0.2) is 11.6 Å². The van der Waals surface area contributed by atoms with Gasteiger partial charge in [-0.15, -0.1) is 0 Å². The topological polar surface area (TPSA) is 126 Å². The zero-order chi connectivity index (χ0) is 23.4. The van der Waals surface area contributed by atoms with Crippen LogP contribution in [0.5, 0.6) is 5.75 Å². The van der Waals surface area contributed by atoms with Gasteiger partial charge in [-0.1, -0.05) is 18.2 Å². The second-order valence-corrected chi connectivity index (χ2v) is 8.95. The van der Waals surface area contributed by atoms with Crippen LogP contribution in [0.15, 0.2) is 65.7 Å². The van der Waals surface area contributed by atoms with Gasteiger partial charge in [-0.3, -0.25) is 9.71 Å². The van der Waals surface area contributed by atoms with E-state index in [1.54, 1.807) is 50.4 Å². The molecule has 3 N–H and O–H groups in total. The quantitative estimate of drug-likeness (QED) is 0.361. The number of methoxy groups -OCH3 is 1. The lowest BCUT2D eigenvalue weighted by atomic mass is 10.1. The number of nitrogens with one attached hydrogen (secondary N) is 2. The number of ether oxygens (including phenoxy) is 1. The molecule has 170 valence electrons. The molecule has 0 unspecified atom stereocenters. The molecule has 0 amide bonds. The van der Waals surface area contributed by atoms with Crippen LogP contribution in [0.3, 0.4) is 0 Å². The predicted octanol–water partition coefficient (Wildman–Crippen LogP) is 3.42. The average Bonchev–Trinajstić information content (AvgIpc) is 2.80. The molecule has 0 radical (unpaired) electrons. The number of hydrogen-bond donors (Lipinski definition) is 3. The maximum Gasteiger partial charge on any atom is 0.264 e. The fourth-order valence-electron chi connectivity index (χ4n) is 3.22. The molecule has 33 heavy (non-hydrogen) atoms. The number of benzene rings is 2. The molecule has 2 aromatic heterocycles. The molecular weight excluding hydrogens is 442 g/mol. The number of para-hydroxylation sites is 2. The van der Waals surface area contributed by atoms with Crippen molar-refractivity contribution in [2.75, 3.05) is 23.8 Å². The van der Waals surface area contributed by atoms with Crippen LogP contribution in [0, 0.1) is 6.92 Å². The molecule has 0 atom stereocenters. The number of pyridine rings is 1. The second-order valence-electron chi connectivity index (χ2n) is 7.27. The summed E-state index contributed by atoms with van der Waals surface area (Å²) in [5, 5.41) is 12.6. The van der Waals surface area contributed by atoms with Crippen molar-refractivity contribution in [2.45, 2.75) is 18.2 Å². The standard InChI is InChI=1S/C23H23N5O4S/c1-15-7-10-18(14-24-15)33(30,31)28-23-22(25-19-5-3-4-6-20(19)26-23)27-21-13-17(32-2)9-8-16(21)11-12-29/h3-10,13-14,29H,11-12H2,1-2H3,(H,25,27)(H,26,28). The molecule has 0 aliphatic rings. The molecule has 2 heterocycles. The first-order valence-corrected chi connectivity index (χ1v) is 11.6. The third kappa shape index (κ3) is 5.02. The van der Waals surface area contributed by atoms with Gasteiger partial charge in [0.2, 0.25) is 0 Å². The van der Waals surface area contributed by atoms with E-state index in [1.165, 1.54) is 12.3 Å². The van der Waals surface area contributed by atoms with Crippen molar-refractivity contribution in [3.63, 3.8) is 0 Å². The number of rotatable bonds is 8. The Morgan fingerprint density at radius 1 is 1.00 bits per heavy atom. The van der Waals surface area contributed by atoms with Crippen molar-refractivity contribution in [1.29, 1.82) is 0 Å². The van der Waals surface area contributed by atoms with E-state index >= 15 is 0 Å². The minimum Gasteiger partial charge on any atom is -0.497 e. The number of aromatic nitrogens is 3. The van der Waals surface area contributed by atoms with E-state index in [0.717, 1.165) is 5.56 Å². The molecule has 0 fully saturated rings. The molecule has 0 aliphatic carbocycles. The molecule has 0 bridgehead atoms. The summed E-state index contributed by atoms with van der Waals surface area (Å²) in [6.45, 7) is 1.73. The van der Waals surface area contributed by atoms with Crippen LogP contribution in [-0.2, 0) is 16.4 Å². The minimum absolute atomic E-state index is 0.0105. The van der Waals surface area contributed by atoms with E-state index < -0.39 is 10.0 Å². The predicted molar refractivity (Wildman–Crippen MR) is 126 cm³/mol. The molecule has 0 saturated heterocycles. The van der Waals surface area contributed by atoms with E-state index in [0.29, 0.717) is 34.6 Å². The highest BCUT2D eigenvalue weighted by Gasteiger charge is 2.20. The van der Waals surface area contributed by atoms with E-state index in [4.69, 9.17) is 4.74 Å². The molecule has 2 aromatic carbocycles. The van der Waals surface area contributed by atoms with Crippen LogP contribution in [0.2, 0.25) is 0 Å². The molecule has 4 aromatic rings. The van der Waals surface area contributed by atoms with Crippen LogP contribution in [-0.4, -0.2) is 42.2 Å². The van der Waals surface area contributed by atoms with Gasteiger partial charge in [0.05, 0.1) is 18.1 Å². The van der Waals surface area contributed by atoms with Crippen LogP contribution in [0.25, 0.3) is 11.0 Å². The highest BCUT2D eigenvalue weighted by Crippen LogP contribution is 2.30. The summed E-state index contributed by atoms with van der Waals surface area (Å²) in [6, 6.07) is 15.6. The molecule has 0 spiro atoms.